The Balaban J connectivity index is 2.90. The molecular weight excluding hydrogens is 194 g/mol. The van der Waals surface area contributed by atoms with Gasteiger partial charge in [-0.05, 0) is 12.5 Å². The van der Waals surface area contributed by atoms with Crippen LogP contribution in [-0.4, -0.2) is 26.9 Å². The number of hydrogen-bond donors (Lipinski definition) is 2. The molecule has 0 amide bonds. The number of carboxylic acid groups (broad SMARTS) is 1. The zero-order valence-corrected chi connectivity index (χ0v) is 9.05. The number of carboxylic acids is 1. The standard InChI is InChI=1S/C10H17N3O2/c1-3-8(11)7(6-10(14)15)9-4-5-12-13(9)2/h4-5,7-8H,3,6,11H2,1-2H3,(H,14,15). The van der Waals surface area contributed by atoms with Crippen molar-refractivity contribution in [1.82, 2.24) is 9.78 Å². The lowest BCUT2D eigenvalue weighted by Gasteiger charge is -2.21. The fourth-order valence-electron chi connectivity index (χ4n) is 1.70. The maximum atomic E-state index is 10.8. The predicted molar refractivity (Wildman–Crippen MR) is 56.5 cm³/mol. The SMILES string of the molecule is CCC(N)C(CC(=O)O)c1ccnn1C. The van der Waals surface area contributed by atoms with Crippen LogP contribution in [-0.2, 0) is 11.8 Å². The number of carbonyl (C=O) groups is 1. The normalized spacial score (nSPS) is 14.9. The van der Waals surface area contributed by atoms with Crippen LogP contribution in [0.15, 0.2) is 12.3 Å². The first-order valence-corrected chi connectivity index (χ1v) is 5.01. The molecule has 0 aromatic carbocycles. The van der Waals surface area contributed by atoms with Crippen LogP contribution < -0.4 is 5.73 Å². The molecule has 0 spiro atoms. The van der Waals surface area contributed by atoms with Crippen molar-refractivity contribution < 1.29 is 9.90 Å². The summed E-state index contributed by atoms with van der Waals surface area (Å²) in [6, 6.07) is 1.68. The Hall–Kier alpha value is -1.36. The molecule has 1 rings (SSSR count). The topological polar surface area (TPSA) is 81.1 Å². The van der Waals surface area contributed by atoms with Crippen molar-refractivity contribution >= 4 is 5.97 Å². The van der Waals surface area contributed by atoms with Gasteiger partial charge in [0.25, 0.3) is 0 Å². The Morgan fingerprint density at radius 3 is 2.80 bits per heavy atom. The smallest absolute Gasteiger partial charge is 0.304 e. The lowest BCUT2D eigenvalue weighted by molar-refractivity contribution is -0.137. The van der Waals surface area contributed by atoms with Gasteiger partial charge < -0.3 is 10.8 Å². The van der Waals surface area contributed by atoms with E-state index in [4.69, 9.17) is 10.8 Å². The summed E-state index contributed by atoms with van der Waals surface area (Å²) < 4.78 is 1.68. The van der Waals surface area contributed by atoms with Gasteiger partial charge in [0.2, 0.25) is 0 Å². The molecule has 2 atom stereocenters. The molecule has 0 bridgehead atoms. The number of aromatic nitrogens is 2. The summed E-state index contributed by atoms with van der Waals surface area (Å²) >= 11 is 0. The number of aryl methyl sites for hydroxylation is 1. The Labute approximate surface area is 88.9 Å². The van der Waals surface area contributed by atoms with E-state index in [0.717, 1.165) is 12.1 Å². The molecule has 15 heavy (non-hydrogen) atoms. The number of nitrogens with two attached hydrogens (primary N) is 1. The van der Waals surface area contributed by atoms with Crippen LogP contribution in [0, 0.1) is 0 Å². The summed E-state index contributed by atoms with van der Waals surface area (Å²) in [6.45, 7) is 1.95. The molecule has 1 aromatic rings. The van der Waals surface area contributed by atoms with Gasteiger partial charge in [0.1, 0.15) is 0 Å². The second kappa shape index (κ2) is 4.93. The van der Waals surface area contributed by atoms with Crippen molar-refractivity contribution in [3.8, 4) is 0 Å². The van der Waals surface area contributed by atoms with Crippen LogP contribution in [0.4, 0.5) is 0 Å². The summed E-state index contributed by atoms with van der Waals surface area (Å²) in [5.74, 6) is -0.995. The Kier molecular flexibility index (Phi) is 3.85. The molecule has 3 N–H and O–H groups in total. The molecule has 5 nitrogen and oxygen atoms in total. The minimum Gasteiger partial charge on any atom is -0.481 e. The minimum atomic E-state index is -0.829. The molecule has 0 aliphatic carbocycles. The molecule has 0 saturated heterocycles. The largest absolute Gasteiger partial charge is 0.481 e. The first-order chi connectivity index (χ1) is 7.06. The summed E-state index contributed by atoms with van der Waals surface area (Å²) in [5.41, 5.74) is 6.80. The van der Waals surface area contributed by atoms with Gasteiger partial charge in [-0.2, -0.15) is 5.10 Å². The van der Waals surface area contributed by atoms with Crippen LogP contribution in [0.25, 0.3) is 0 Å². The van der Waals surface area contributed by atoms with E-state index in [1.165, 1.54) is 0 Å². The molecule has 1 heterocycles. The summed E-state index contributed by atoms with van der Waals surface area (Å²) in [7, 11) is 1.80. The van der Waals surface area contributed by atoms with E-state index in [1.807, 2.05) is 13.0 Å². The van der Waals surface area contributed by atoms with Crippen molar-refractivity contribution in [2.45, 2.75) is 31.7 Å². The Morgan fingerprint density at radius 2 is 2.40 bits per heavy atom. The van der Waals surface area contributed by atoms with Gasteiger partial charge in [-0.15, -0.1) is 0 Å². The monoisotopic (exact) mass is 211 g/mol. The second-order valence-electron chi connectivity index (χ2n) is 3.66. The number of nitrogens with zero attached hydrogens (tertiary/aromatic N) is 2. The number of hydrogen-bond acceptors (Lipinski definition) is 3. The predicted octanol–water partition coefficient (Wildman–Crippen LogP) is 0.716. The maximum Gasteiger partial charge on any atom is 0.304 e. The van der Waals surface area contributed by atoms with Crippen LogP contribution in [0.5, 0.6) is 0 Å². The molecular formula is C10H17N3O2. The van der Waals surface area contributed by atoms with Gasteiger partial charge >= 0.3 is 5.97 Å². The van der Waals surface area contributed by atoms with E-state index in [1.54, 1.807) is 17.9 Å². The zero-order valence-electron chi connectivity index (χ0n) is 9.05. The zero-order chi connectivity index (χ0) is 11.4. The van der Waals surface area contributed by atoms with E-state index in [0.29, 0.717) is 0 Å². The van der Waals surface area contributed by atoms with E-state index in [-0.39, 0.29) is 18.4 Å². The van der Waals surface area contributed by atoms with E-state index >= 15 is 0 Å². The summed E-state index contributed by atoms with van der Waals surface area (Å²) in [6.07, 6.45) is 2.46. The third-order valence-corrected chi connectivity index (χ3v) is 2.62. The maximum absolute atomic E-state index is 10.8. The van der Waals surface area contributed by atoms with Crippen LogP contribution in [0.3, 0.4) is 0 Å². The third-order valence-electron chi connectivity index (χ3n) is 2.62. The fourth-order valence-corrected chi connectivity index (χ4v) is 1.70. The molecule has 2 unspecified atom stereocenters. The average molecular weight is 211 g/mol. The molecule has 0 aliphatic heterocycles. The van der Waals surface area contributed by atoms with Gasteiger partial charge in [-0.1, -0.05) is 6.92 Å². The van der Waals surface area contributed by atoms with Crippen molar-refractivity contribution in [2.75, 3.05) is 0 Å². The van der Waals surface area contributed by atoms with E-state index in [2.05, 4.69) is 5.10 Å². The van der Waals surface area contributed by atoms with Gasteiger partial charge in [0, 0.05) is 30.9 Å². The second-order valence-corrected chi connectivity index (χ2v) is 3.66. The molecule has 84 valence electrons. The highest BCUT2D eigenvalue weighted by Crippen LogP contribution is 2.23. The van der Waals surface area contributed by atoms with Gasteiger partial charge in [-0.3, -0.25) is 9.48 Å². The van der Waals surface area contributed by atoms with Gasteiger partial charge in [-0.25, -0.2) is 0 Å². The summed E-state index contributed by atoms with van der Waals surface area (Å²) in [5, 5.41) is 12.9. The summed E-state index contributed by atoms with van der Waals surface area (Å²) in [4.78, 5) is 10.8. The van der Waals surface area contributed by atoms with Gasteiger partial charge in [0.15, 0.2) is 0 Å². The van der Waals surface area contributed by atoms with Crippen LogP contribution in [0.1, 0.15) is 31.4 Å². The van der Waals surface area contributed by atoms with Crippen molar-refractivity contribution in [2.24, 2.45) is 12.8 Å². The Morgan fingerprint density at radius 1 is 1.73 bits per heavy atom. The van der Waals surface area contributed by atoms with Crippen molar-refractivity contribution in [3.05, 3.63) is 18.0 Å². The molecule has 0 aliphatic rings. The lowest BCUT2D eigenvalue weighted by Crippen LogP contribution is -2.30. The molecule has 0 fully saturated rings. The van der Waals surface area contributed by atoms with Crippen LogP contribution >= 0.6 is 0 Å². The third kappa shape index (κ3) is 2.79. The molecule has 0 saturated carbocycles. The first-order valence-electron chi connectivity index (χ1n) is 5.01. The number of aliphatic carboxylic acids is 1. The lowest BCUT2D eigenvalue weighted by atomic mass is 9.91. The van der Waals surface area contributed by atoms with Gasteiger partial charge in [0.05, 0.1) is 6.42 Å². The van der Waals surface area contributed by atoms with Crippen LogP contribution in [0.2, 0.25) is 0 Å². The first kappa shape index (κ1) is 11.7. The average Bonchev–Trinajstić information content (AvgIpc) is 2.59. The Bertz CT molecular complexity index is 335. The fraction of sp³-hybridized carbons (Fsp3) is 0.600. The molecule has 0 radical (unpaired) electrons. The van der Waals surface area contributed by atoms with E-state index < -0.39 is 5.97 Å². The van der Waals surface area contributed by atoms with Crippen molar-refractivity contribution in [3.63, 3.8) is 0 Å². The molecule has 1 aromatic heterocycles. The highest BCUT2D eigenvalue weighted by molar-refractivity contribution is 5.68. The highest BCUT2D eigenvalue weighted by atomic mass is 16.4. The van der Waals surface area contributed by atoms with E-state index in [9.17, 15) is 4.79 Å². The quantitative estimate of drug-likeness (QED) is 0.751. The van der Waals surface area contributed by atoms with Crippen molar-refractivity contribution in [1.29, 1.82) is 0 Å². The number of rotatable bonds is 5. The minimum absolute atomic E-state index is 0.0501. The highest BCUT2D eigenvalue weighted by Gasteiger charge is 2.23. The molecule has 5 heteroatoms.